The van der Waals surface area contributed by atoms with Crippen molar-refractivity contribution in [2.45, 2.75) is 20.4 Å². The van der Waals surface area contributed by atoms with Gasteiger partial charge in [-0.2, -0.15) is 0 Å². The van der Waals surface area contributed by atoms with Crippen LogP contribution in [0.4, 0.5) is 10.2 Å². The summed E-state index contributed by atoms with van der Waals surface area (Å²) in [7, 11) is 3.98. The number of pyridine rings is 1. The molecule has 0 atom stereocenters. The molecule has 23 heavy (non-hydrogen) atoms. The number of halogens is 2. The fraction of sp³-hybridized carbons (Fsp3) is 0.278. The molecule has 3 rings (SSSR count). The Labute approximate surface area is 142 Å². The van der Waals surface area contributed by atoms with Crippen molar-refractivity contribution in [2.75, 3.05) is 19.0 Å². The average Bonchev–Trinajstić information content (AvgIpc) is 2.72. The second-order valence-electron chi connectivity index (χ2n) is 5.85. The molecule has 122 valence electrons. The van der Waals surface area contributed by atoms with E-state index in [0.717, 1.165) is 16.9 Å². The van der Waals surface area contributed by atoms with Gasteiger partial charge in [0, 0.05) is 37.9 Å². The molecule has 0 N–H and O–H groups in total. The molecule has 0 unspecified atom stereocenters. The van der Waals surface area contributed by atoms with E-state index < -0.39 is 0 Å². The molecule has 0 amide bonds. The fourth-order valence-electron chi connectivity index (χ4n) is 2.92. The Morgan fingerprint density at radius 3 is 2.57 bits per heavy atom. The summed E-state index contributed by atoms with van der Waals surface area (Å²) in [5.74, 6) is 0.736. The monoisotopic (exact) mass is 333 g/mol. The molecule has 3 nitrogen and oxygen atoms in total. The SMILES string of the molecule is Cc1c(C)n(Cc2cccc(F)c2)c2c(N(C)C)nccc12.Cl. The predicted molar refractivity (Wildman–Crippen MR) is 96.3 cm³/mol. The van der Waals surface area contributed by atoms with Crippen LogP contribution in [0.5, 0.6) is 0 Å². The molecule has 0 saturated carbocycles. The Kier molecular flexibility index (Phi) is 4.95. The first-order valence-corrected chi connectivity index (χ1v) is 7.35. The quantitative estimate of drug-likeness (QED) is 0.711. The minimum atomic E-state index is -0.200. The highest BCUT2D eigenvalue weighted by atomic mass is 35.5. The van der Waals surface area contributed by atoms with Crippen LogP contribution >= 0.6 is 12.4 Å². The lowest BCUT2D eigenvalue weighted by Gasteiger charge is -2.16. The third-order valence-corrected chi connectivity index (χ3v) is 4.18. The van der Waals surface area contributed by atoms with Gasteiger partial charge in [-0.25, -0.2) is 9.37 Å². The predicted octanol–water partition coefficient (Wildman–Crippen LogP) is 4.33. The van der Waals surface area contributed by atoms with E-state index in [1.165, 1.54) is 22.7 Å². The molecule has 0 aliphatic heterocycles. The third-order valence-electron chi connectivity index (χ3n) is 4.18. The topological polar surface area (TPSA) is 21.1 Å². The van der Waals surface area contributed by atoms with Gasteiger partial charge in [-0.3, -0.25) is 0 Å². The zero-order chi connectivity index (χ0) is 15.9. The number of fused-ring (bicyclic) bond motifs is 1. The van der Waals surface area contributed by atoms with E-state index in [-0.39, 0.29) is 18.2 Å². The van der Waals surface area contributed by atoms with Crippen LogP contribution in [-0.2, 0) is 6.54 Å². The van der Waals surface area contributed by atoms with Crippen LogP contribution in [0, 0.1) is 19.7 Å². The van der Waals surface area contributed by atoms with Gasteiger partial charge in [0.25, 0.3) is 0 Å². The molecule has 0 aliphatic rings. The van der Waals surface area contributed by atoms with Crippen molar-refractivity contribution in [3.05, 3.63) is 59.2 Å². The van der Waals surface area contributed by atoms with E-state index in [2.05, 4.69) is 23.4 Å². The molecular weight excluding hydrogens is 313 g/mol. The number of benzene rings is 1. The van der Waals surface area contributed by atoms with Gasteiger partial charge in [0.05, 0.1) is 5.52 Å². The molecule has 5 heteroatoms. The fourth-order valence-corrected chi connectivity index (χ4v) is 2.92. The summed E-state index contributed by atoms with van der Waals surface area (Å²) >= 11 is 0. The molecular formula is C18H21ClFN3. The van der Waals surface area contributed by atoms with Crippen molar-refractivity contribution in [2.24, 2.45) is 0 Å². The van der Waals surface area contributed by atoms with E-state index in [9.17, 15) is 4.39 Å². The Morgan fingerprint density at radius 1 is 1.17 bits per heavy atom. The highest BCUT2D eigenvalue weighted by molar-refractivity contribution is 5.93. The van der Waals surface area contributed by atoms with Crippen LogP contribution in [-0.4, -0.2) is 23.6 Å². The number of anilines is 1. The van der Waals surface area contributed by atoms with Gasteiger partial charge in [0.1, 0.15) is 5.82 Å². The Morgan fingerprint density at radius 2 is 1.91 bits per heavy atom. The van der Waals surface area contributed by atoms with Crippen LogP contribution in [0.15, 0.2) is 36.5 Å². The van der Waals surface area contributed by atoms with Crippen molar-refractivity contribution in [1.29, 1.82) is 0 Å². The zero-order valence-corrected chi connectivity index (χ0v) is 14.6. The van der Waals surface area contributed by atoms with Crippen LogP contribution < -0.4 is 4.90 Å². The molecule has 2 aromatic heterocycles. The van der Waals surface area contributed by atoms with Crippen molar-refractivity contribution in [3.8, 4) is 0 Å². The molecule has 0 spiro atoms. The maximum absolute atomic E-state index is 13.5. The van der Waals surface area contributed by atoms with E-state index in [0.29, 0.717) is 6.54 Å². The van der Waals surface area contributed by atoms with E-state index >= 15 is 0 Å². The van der Waals surface area contributed by atoms with Crippen LogP contribution in [0.1, 0.15) is 16.8 Å². The smallest absolute Gasteiger partial charge is 0.152 e. The summed E-state index contributed by atoms with van der Waals surface area (Å²) in [6.45, 7) is 4.87. The molecule has 3 aromatic rings. The van der Waals surface area contributed by atoms with Crippen LogP contribution in [0.2, 0.25) is 0 Å². The second-order valence-corrected chi connectivity index (χ2v) is 5.85. The summed E-state index contributed by atoms with van der Waals surface area (Å²) in [6, 6.07) is 8.82. The van der Waals surface area contributed by atoms with Crippen molar-refractivity contribution in [1.82, 2.24) is 9.55 Å². The van der Waals surface area contributed by atoms with Crippen molar-refractivity contribution >= 4 is 29.1 Å². The highest BCUT2D eigenvalue weighted by Crippen LogP contribution is 2.31. The van der Waals surface area contributed by atoms with Gasteiger partial charge in [0.2, 0.25) is 0 Å². The first-order valence-electron chi connectivity index (χ1n) is 7.35. The molecule has 0 saturated heterocycles. The van der Waals surface area contributed by atoms with Gasteiger partial charge in [0.15, 0.2) is 5.82 Å². The van der Waals surface area contributed by atoms with E-state index in [4.69, 9.17) is 0 Å². The Hall–Kier alpha value is -2.07. The minimum Gasteiger partial charge on any atom is -0.361 e. The van der Waals surface area contributed by atoms with Crippen LogP contribution in [0.3, 0.4) is 0 Å². The summed E-state index contributed by atoms with van der Waals surface area (Å²) < 4.78 is 15.7. The number of hydrogen-bond donors (Lipinski definition) is 0. The van der Waals surface area contributed by atoms with E-state index in [1.807, 2.05) is 37.3 Å². The number of hydrogen-bond acceptors (Lipinski definition) is 2. The zero-order valence-electron chi connectivity index (χ0n) is 13.8. The summed E-state index contributed by atoms with van der Waals surface area (Å²) in [5, 5.41) is 1.20. The van der Waals surface area contributed by atoms with Crippen LogP contribution in [0.25, 0.3) is 10.9 Å². The first kappa shape index (κ1) is 17.3. The summed E-state index contributed by atoms with van der Waals surface area (Å²) in [4.78, 5) is 6.53. The number of aryl methyl sites for hydroxylation is 1. The largest absolute Gasteiger partial charge is 0.361 e. The minimum absolute atomic E-state index is 0. The number of nitrogens with zero attached hydrogens (tertiary/aromatic N) is 3. The normalized spacial score (nSPS) is 10.7. The maximum atomic E-state index is 13.5. The molecule has 0 radical (unpaired) electrons. The van der Waals surface area contributed by atoms with Gasteiger partial charge < -0.3 is 9.47 Å². The van der Waals surface area contributed by atoms with Crippen molar-refractivity contribution < 1.29 is 4.39 Å². The molecule has 2 heterocycles. The Bertz CT molecular complexity index is 840. The third kappa shape index (κ3) is 3.04. The summed E-state index contributed by atoms with van der Waals surface area (Å²) in [6.07, 6.45) is 1.84. The number of rotatable bonds is 3. The standard InChI is InChI=1S/C18H20FN3.ClH/c1-12-13(2)22(11-14-6-5-7-15(19)10-14)17-16(12)8-9-20-18(17)21(3)4;/h5-10H,11H2,1-4H3;1H. The lowest BCUT2D eigenvalue weighted by molar-refractivity contribution is 0.623. The second kappa shape index (κ2) is 6.59. The van der Waals surface area contributed by atoms with Crippen molar-refractivity contribution in [3.63, 3.8) is 0 Å². The molecule has 0 bridgehead atoms. The van der Waals surface area contributed by atoms with Gasteiger partial charge >= 0.3 is 0 Å². The Balaban J connectivity index is 0.00000192. The molecule has 0 aliphatic carbocycles. The van der Waals surface area contributed by atoms with Gasteiger partial charge in [-0.15, -0.1) is 12.4 Å². The van der Waals surface area contributed by atoms with Gasteiger partial charge in [-0.1, -0.05) is 12.1 Å². The summed E-state index contributed by atoms with van der Waals surface area (Å²) in [5.41, 5.74) is 4.49. The molecule has 1 aromatic carbocycles. The first-order chi connectivity index (χ1) is 10.5. The van der Waals surface area contributed by atoms with Gasteiger partial charge in [-0.05, 0) is 43.2 Å². The molecule has 0 fully saturated rings. The average molecular weight is 334 g/mol. The lowest BCUT2D eigenvalue weighted by atomic mass is 10.2. The number of aromatic nitrogens is 2. The highest BCUT2D eigenvalue weighted by Gasteiger charge is 2.16. The van der Waals surface area contributed by atoms with E-state index in [1.54, 1.807) is 12.1 Å². The lowest BCUT2D eigenvalue weighted by Crippen LogP contribution is -2.13. The maximum Gasteiger partial charge on any atom is 0.152 e.